The van der Waals surface area contributed by atoms with Gasteiger partial charge in [-0.05, 0) is 12.1 Å². The highest BCUT2D eigenvalue weighted by molar-refractivity contribution is 5.89. The zero-order valence-corrected chi connectivity index (χ0v) is 28.8. The van der Waals surface area contributed by atoms with E-state index in [-0.39, 0.29) is 45.3 Å². The van der Waals surface area contributed by atoms with Gasteiger partial charge in [-0.15, -0.1) is 0 Å². The van der Waals surface area contributed by atoms with Crippen LogP contribution in [0.15, 0.2) is 40.8 Å². The van der Waals surface area contributed by atoms with Crippen molar-refractivity contribution in [1.82, 2.24) is 0 Å². The molecule has 3 aliphatic rings. The smallest absolute Gasteiger partial charge is 0.402 e. The molecule has 4 heterocycles. The molecule has 7 unspecified atom stereocenters. The molecule has 304 valence electrons. The van der Waals surface area contributed by atoms with Crippen molar-refractivity contribution in [3.05, 3.63) is 36.4 Å². The van der Waals surface area contributed by atoms with Crippen molar-refractivity contribution in [2.45, 2.75) is 92.1 Å². The molecule has 3 aliphatic heterocycles. The van der Waals surface area contributed by atoms with Gasteiger partial charge in [-0.25, -0.2) is 4.42 Å². The molecule has 13 N–H and O–H groups in total. The van der Waals surface area contributed by atoms with Crippen LogP contribution in [-0.2, 0) is 18.9 Å². The second kappa shape index (κ2) is 16.8. The fourth-order valence-corrected chi connectivity index (χ4v) is 6.42. The van der Waals surface area contributed by atoms with E-state index < -0.39 is 118 Å². The minimum atomic E-state index is -1.95. The number of ether oxygens (including phenoxy) is 7. The first-order chi connectivity index (χ1) is 26.2. The van der Waals surface area contributed by atoms with Crippen LogP contribution in [0, 0.1) is 0 Å². The van der Waals surface area contributed by atoms with Crippen LogP contribution >= 0.6 is 0 Å². The number of fused-ring (bicyclic) bond motifs is 1. The molecule has 3 aromatic rings. The van der Waals surface area contributed by atoms with Crippen molar-refractivity contribution < 1.29 is 104 Å². The highest BCUT2D eigenvalue weighted by Gasteiger charge is 2.52. The van der Waals surface area contributed by atoms with Crippen molar-refractivity contribution in [3.8, 4) is 40.1 Å². The molecule has 3 saturated heterocycles. The molecule has 3 fully saturated rings. The molecule has 15 atom stereocenters. The number of phenols is 2. The molecule has 21 nitrogen and oxygen atoms in total. The summed E-state index contributed by atoms with van der Waals surface area (Å²) in [5.74, 6) is -1.40. The maximum Gasteiger partial charge on any atom is 0.402 e. The van der Waals surface area contributed by atoms with Crippen LogP contribution in [0.1, 0.15) is 0 Å². The van der Waals surface area contributed by atoms with Crippen LogP contribution in [0.2, 0.25) is 0 Å². The van der Waals surface area contributed by atoms with E-state index in [1.807, 2.05) is 0 Å². The average Bonchev–Trinajstić information content (AvgIpc) is 3.17. The third kappa shape index (κ3) is 7.96. The van der Waals surface area contributed by atoms with E-state index in [4.69, 9.17) is 37.6 Å². The Hall–Kier alpha value is -3.75. The van der Waals surface area contributed by atoms with Crippen molar-refractivity contribution in [3.63, 3.8) is 0 Å². The molecule has 0 saturated carbocycles. The van der Waals surface area contributed by atoms with Crippen molar-refractivity contribution >= 4 is 11.0 Å². The largest absolute Gasteiger partial charge is 0.507 e. The first-order valence-corrected chi connectivity index (χ1v) is 16.9. The Labute approximate surface area is 310 Å². The quantitative estimate of drug-likeness (QED) is 0.0823. The van der Waals surface area contributed by atoms with Gasteiger partial charge in [-0.1, -0.05) is 0 Å². The van der Waals surface area contributed by atoms with Crippen LogP contribution in [0.25, 0.3) is 22.3 Å². The molecule has 55 heavy (non-hydrogen) atoms. The Morgan fingerprint density at radius 2 is 1.13 bits per heavy atom. The molecule has 6 rings (SSSR count). The van der Waals surface area contributed by atoms with E-state index in [0.717, 1.165) is 6.07 Å². The maximum atomic E-state index is 11.2. The highest BCUT2D eigenvalue weighted by atomic mass is 16.8. The van der Waals surface area contributed by atoms with Crippen LogP contribution in [-0.4, -0.2) is 185 Å². The van der Waals surface area contributed by atoms with Crippen LogP contribution in [0.5, 0.6) is 28.7 Å². The summed E-state index contributed by atoms with van der Waals surface area (Å²) in [4.78, 5) is 0. The van der Waals surface area contributed by atoms with Gasteiger partial charge in [0.15, 0.2) is 23.9 Å². The van der Waals surface area contributed by atoms with E-state index in [2.05, 4.69) is 0 Å². The molecule has 21 heteroatoms. The zero-order chi connectivity index (χ0) is 39.9. The Balaban J connectivity index is 1.45. The Kier molecular flexibility index (Phi) is 12.5. The topological polar surface area (TPSA) is 339 Å². The molecule has 0 radical (unpaired) electrons. The Bertz CT molecular complexity index is 1770. The molecule has 1 aromatic heterocycles. The van der Waals surface area contributed by atoms with Gasteiger partial charge in [0, 0.05) is 18.2 Å². The molecular weight excluding hydrogens is 744 g/mol. The van der Waals surface area contributed by atoms with E-state index in [0.29, 0.717) is 0 Å². The Morgan fingerprint density at radius 3 is 1.73 bits per heavy atom. The number of aliphatic hydroxyl groups excluding tert-OH is 11. The summed E-state index contributed by atoms with van der Waals surface area (Å²) < 4.78 is 46.0. The summed E-state index contributed by atoms with van der Waals surface area (Å²) in [6.07, 6.45) is -26.2. The van der Waals surface area contributed by atoms with Gasteiger partial charge in [0.05, 0.1) is 38.6 Å². The van der Waals surface area contributed by atoms with E-state index >= 15 is 0 Å². The number of methoxy groups -OCH3 is 1. The van der Waals surface area contributed by atoms with E-state index in [1.165, 1.54) is 37.4 Å². The lowest BCUT2D eigenvalue weighted by molar-refractivity contribution is -0.357. The van der Waals surface area contributed by atoms with E-state index in [9.17, 15) is 66.4 Å². The SMILES string of the molecule is COc1cc(-c2[o+]c3cc(O)cc(O[C@@H]4OC(CO)[C@@H](O)[C@H](O)C4O)c3cc2O[C@@H]2OC(CO)[C@@H](O)C(O)C2O[C@@H]2OC(CO)[C@@H](O)C(O)[C@H]2O)ccc1O. The van der Waals surface area contributed by atoms with Crippen LogP contribution in [0.4, 0.5) is 0 Å². The van der Waals surface area contributed by atoms with Gasteiger partial charge in [0.1, 0.15) is 84.0 Å². The van der Waals surface area contributed by atoms with Gasteiger partial charge in [-0.3, -0.25) is 0 Å². The second-order valence-electron chi connectivity index (χ2n) is 13.1. The standard InChI is InChI=1S/C34H42O21/c1-48-17-4-11(2-3-14(17)39)30-18(7-13-15(49-30)5-12(38)6-16(13)50-32-28(46)25(43)22(40)19(8-35)52-32)51-34-31(27(45)24(42)21(10-37)54-34)55-33-29(47)26(44)23(41)20(9-36)53-33/h2-7,19-29,31-37,40-47H,8-10H2,1H3,(H-,38,39)/p+1/t19?,20?,21?,22-,23-,24-,25+,26?,27?,28?,29-,31?,32-,33+,34-/m1/s1. The first kappa shape index (κ1) is 40.9. The van der Waals surface area contributed by atoms with Crippen molar-refractivity contribution in [2.75, 3.05) is 26.9 Å². The third-order valence-electron chi connectivity index (χ3n) is 9.54. The van der Waals surface area contributed by atoms with Gasteiger partial charge in [-0.2, -0.15) is 0 Å². The monoisotopic (exact) mass is 787 g/mol. The van der Waals surface area contributed by atoms with Gasteiger partial charge >= 0.3 is 11.3 Å². The fraction of sp³-hybridized carbons (Fsp3) is 0.559. The summed E-state index contributed by atoms with van der Waals surface area (Å²) in [7, 11) is 1.28. The van der Waals surface area contributed by atoms with Gasteiger partial charge in [0.2, 0.25) is 18.3 Å². The van der Waals surface area contributed by atoms with Gasteiger partial charge in [0.25, 0.3) is 0 Å². The van der Waals surface area contributed by atoms with Crippen LogP contribution in [0.3, 0.4) is 0 Å². The molecule has 2 aromatic carbocycles. The minimum Gasteiger partial charge on any atom is -0.507 e. The lowest BCUT2D eigenvalue weighted by Gasteiger charge is -2.45. The minimum absolute atomic E-state index is 0.0132. The number of rotatable bonds is 11. The summed E-state index contributed by atoms with van der Waals surface area (Å²) in [5, 5.41) is 135. The number of benzene rings is 2. The van der Waals surface area contributed by atoms with E-state index in [1.54, 1.807) is 0 Å². The Morgan fingerprint density at radius 1 is 0.582 bits per heavy atom. The molecule has 0 spiro atoms. The lowest BCUT2D eigenvalue weighted by Crippen LogP contribution is -2.65. The summed E-state index contributed by atoms with van der Waals surface area (Å²) in [5.41, 5.74) is 0.0733. The summed E-state index contributed by atoms with van der Waals surface area (Å²) in [6, 6.07) is 7.52. The summed E-state index contributed by atoms with van der Waals surface area (Å²) >= 11 is 0. The van der Waals surface area contributed by atoms with Crippen LogP contribution < -0.4 is 14.2 Å². The normalized spacial score (nSPS) is 36.8. The van der Waals surface area contributed by atoms with Gasteiger partial charge < -0.3 is 99.5 Å². The van der Waals surface area contributed by atoms with Crippen molar-refractivity contribution in [2.24, 2.45) is 0 Å². The molecule has 0 aliphatic carbocycles. The zero-order valence-electron chi connectivity index (χ0n) is 28.8. The first-order valence-electron chi connectivity index (χ1n) is 16.9. The third-order valence-corrected chi connectivity index (χ3v) is 9.54. The predicted molar refractivity (Wildman–Crippen MR) is 177 cm³/mol. The predicted octanol–water partition coefficient (Wildman–Crippen LogP) is -4.02. The number of hydrogen-bond donors (Lipinski definition) is 13. The second-order valence-corrected chi connectivity index (χ2v) is 13.1. The number of aliphatic hydroxyl groups is 11. The molecular formula is C34H43O21+. The maximum absolute atomic E-state index is 11.2. The number of hydrogen-bond acceptors (Lipinski definition) is 20. The lowest BCUT2D eigenvalue weighted by atomic mass is 9.97. The molecule has 0 bridgehead atoms. The molecule has 0 amide bonds. The highest BCUT2D eigenvalue weighted by Crippen LogP contribution is 2.44. The average molecular weight is 788 g/mol. The fourth-order valence-electron chi connectivity index (χ4n) is 6.42. The summed E-state index contributed by atoms with van der Waals surface area (Å²) in [6.45, 7) is -2.42. The number of phenolic OH excluding ortho intramolecular Hbond substituents is 2. The van der Waals surface area contributed by atoms with Crippen molar-refractivity contribution in [1.29, 1.82) is 0 Å². The number of aromatic hydroxyl groups is 2.